The Hall–Kier alpha value is -0.440. The van der Waals surface area contributed by atoms with Gasteiger partial charge in [-0.3, -0.25) is 0 Å². The molecule has 0 saturated carbocycles. The monoisotopic (exact) mass is 259 g/mol. The van der Waals surface area contributed by atoms with Crippen LogP contribution in [0.2, 0.25) is 5.02 Å². The summed E-state index contributed by atoms with van der Waals surface area (Å²) in [7, 11) is 0. The van der Waals surface area contributed by atoms with Gasteiger partial charge < -0.3 is 10.1 Å². The van der Waals surface area contributed by atoms with Crippen molar-refractivity contribution in [3.8, 4) is 5.75 Å². The number of hydrogen-bond donors (Lipinski definition) is 1. The van der Waals surface area contributed by atoms with E-state index in [2.05, 4.69) is 11.4 Å². The fourth-order valence-corrected chi connectivity index (χ4v) is 2.73. The topological polar surface area (TPSA) is 21.3 Å². The summed E-state index contributed by atoms with van der Waals surface area (Å²) < 4.78 is 6.07. The van der Waals surface area contributed by atoms with E-state index in [1.165, 1.54) is 12.0 Å². The highest BCUT2D eigenvalue weighted by molar-refractivity contribution is 6.30. The highest BCUT2D eigenvalue weighted by Crippen LogP contribution is 2.39. The minimum absolute atomic E-state index is 0. The predicted molar refractivity (Wildman–Crippen MR) is 67.9 cm³/mol. The van der Waals surface area contributed by atoms with Gasteiger partial charge in [0.1, 0.15) is 11.4 Å². The smallest absolute Gasteiger partial charge is 0.126 e. The van der Waals surface area contributed by atoms with Crippen molar-refractivity contribution in [2.24, 2.45) is 0 Å². The number of halogens is 2. The summed E-state index contributed by atoms with van der Waals surface area (Å²) in [5.41, 5.74) is 1.30. The standard InChI is InChI=1S/C12H14ClNO.ClH/c13-10-3-2-9-7-12(15-11(9)6-10)4-1-5-14-8-12;/h2-3,6,14H,1,4-5,7-8H2;1H. The van der Waals surface area contributed by atoms with Crippen LogP contribution in [0.1, 0.15) is 18.4 Å². The number of ether oxygens (including phenoxy) is 1. The van der Waals surface area contributed by atoms with E-state index < -0.39 is 0 Å². The molecule has 2 heterocycles. The van der Waals surface area contributed by atoms with Crippen molar-refractivity contribution < 1.29 is 4.74 Å². The maximum atomic E-state index is 6.07. The molecule has 1 unspecified atom stereocenters. The highest BCUT2D eigenvalue weighted by Gasteiger charge is 2.40. The molecule has 1 aromatic rings. The number of hydrogen-bond acceptors (Lipinski definition) is 2. The third-order valence-electron chi connectivity index (χ3n) is 3.30. The molecular formula is C12H15Cl2NO. The normalized spacial score (nSPS) is 27.1. The SMILES string of the molecule is Cl.Clc1ccc2c(c1)OC1(CCCNC1)C2. The molecule has 1 fully saturated rings. The van der Waals surface area contributed by atoms with Gasteiger partial charge in [-0.1, -0.05) is 17.7 Å². The Morgan fingerprint density at radius 3 is 3.00 bits per heavy atom. The average molecular weight is 260 g/mol. The van der Waals surface area contributed by atoms with Crippen LogP contribution in [0, 0.1) is 0 Å². The first-order valence-corrected chi connectivity index (χ1v) is 5.83. The van der Waals surface area contributed by atoms with Crippen molar-refractivity contribution >= 4 is 24.0 Å². The summed E-state index contributed by atoms with van der Waals surface area (Å²) in [4.78, 5) is 0. The lowest BCUT2D eigenvalue weighted by atomic mass is 9.89. The van der Waals surface area contributed by atoms with Crippen molar-refractivity contribution in [2.45, 2.75) is 24.9 Å². The zero-order chi connectivity index (χ0) is 10.3. The Bertz CT molecular complexity index is 389. The van der Waals surface area contributed by atoms with Crippen molar-refractivity contribution in [3.05, 3.63) is 28.8 Å². The summed E-state index contributed by atoms with van der Waals surface area (Å²) in [5, 5.41) is 4.17. The molecule has 1 aromatic carbocycles. The number of fused-ring (bicyclic) bond motifs is 1. The Labute approximate surface area is 107 Å². The molecule has 0 amide bonds. The molecule has 16 heavy (non-hydrogen) atoms. The Kier molecular flexibility index (Phi) is 3.34. The van der Waals surface area contributed by atoms with Crippen LogP contribution in [-0.2, 0) is 6.42 Å². The molecule has 4 heteroatoms. The third-order valence-corrected chi connectivity index (χ3v) is 3.54. The largest absolute Gasteiger partial charge is 0.485 e. The zero-order valence-electron chi connectivity index (χ0n) is 8.96. The molecule has 1 saturated heterocycles. The van der Waals surface area contributed by atoms with E-state index in [0.29, 0.717) is 0 Å². The molecule has 3 rings (SSSR count). The second kappa shape index (κ2) is 4.44. The summed E-state index contributed by atoms with van der Waals surface area (Å²) >= 11 is 5.96. The molecule has 2 nitrogen and oxygen atoms in total. The van der Waals surface area contributed by atoms with E-state index in [-0.39, 0.29) is 18.0 Å². The van der Waals surface area contributed by atoms with Gasteiger partial charge in [-0.15, -0.1) is 12.4 Å². The molecule has 2 aliphatic rings. The lowest BCUT2D eigenvalue weighted by Crippen LogP contribution is -2.49. The van der Waals surface area contributed by atoms with Gasteiger partial charge in [-0.25, -0.2) is 0 Å². The lowest BCUT2D eigenvalue weighted by Gasteiger charge is -2.33. The summed E-state index contributed by atoms with van der Waals surface area (Å²) in [6, 6.07) is 5.96. The Morgan fingerprint density at radius 2 is 2.25 bits per heavy atom. The first kappa shape index (κ1) is 12.0. The summed E-state index contributed by atoms with van der Waals surface area (Å²) in [5.74, 6) is 0.978. The molecule has 1 N–H and O–H groups in total. The number of rotatable bonds is 0. The quantitative estimate of drug-likeness (QED) is 0.774. The van der Waals surface area contributed by atoms with Crippen molar-refractivity contribution in [1.29, 1.82) is 0 Å². The van der Waals surface area contributed by atoms with Crippen LogP contribution in [0.25, 0.3) is 0 Å². The highest BCUT2D eigenvalue weighted by atomic mass is 35.5. The minimum Gasteiger partial charge on any atom is -0.485 e. The van der Waals surface area contributed by atoms with E-state index in [1.807, 2.05) is 12.1 Å². The average Bonchev–Trinajstić information content (AvgIpc) is 2.56. The van der Waals surface area contributed by atoms with E-state index in [4.69, 9.17) is 16.3 Å². The molecule has 0 aromatic heterocycles. The zero-order valence-corrected chi connectivity index (χ0v) is 10.5. The van der Waals surface area contributed by atoms with E-state index in [1.54, 1.807) is 0 Å². The second-order valence-corrected chi connectivity index (χ2v) is 4.93. The maximum Gasteiger partial charge on any atom is 0.126 e. The number of nitrogens with one attached hydrogen (secondary N) is 1. The Morgan fingerprint density at radius 1 is 1.38 bits per heavy atom. The number of benzene rings is 1. The van der Waals surface area contributed by atoms with E-state index >= 15 is 0 Å². The molecule has 88 valence electrons. The van der Waals surface area contributed by atoms with Gasteiger partial charge in [-0.05, 0) is 37.1 Å². The van der Waals surface area contributed by atoms with E-state index in [9.17, 15) is 0 Å². The fourth-order valence-electron chi connectivity index (χ4n) is 2.56. The van der Waals surface area contributed by atoms with Crippen LogP contribution >= 0.6 is 24.0 Å². The minimum atomic E-state index is 0. The van der Waals surface area contributed by atoms with Crippen LogP contribution in [0.15, 0.2) is 18.2 Å². The summed E-state index contributed by atoms with van der Waals surface area (Å²) in [6.45, 7) is 2.07. The predicted octanol–water partition coefficient (Wildman–Crippen LogP) is 2.82. The van der Waals surface area contributed by atoms with Crippen LogP contribution in [0.5, 0.6) is 5.75 Å². The summed E-state index contributed by atoms with van der Waals surface area (Å²) in [6.07, 6.45) is 3.36. The van der Waals surface area contributed by atoms with Gasteiger partial charge in [-0.2, -0.15) is 0 Å². The van der Waals surface area contributed by atoms with Crippen molar-refractivity contribution in [2.75, 3.05) is 13.1 Å². The Balaban J connectivity index is 0.000000963. The van der Waals surface area contributed by atoms with Gasteiger partial charge in [0.2, 0.25) is 0 Å². The van der Waals surface area contributed by atoms with Gasteiger partial charge in [0, 0.05) is 18.0 Å². The van der Waals surface area contributed by atoms with Crippen LogP contribution in [-0.4, -0.2) is 18.7 Å². The van der Waals surface area contributed by atoms with Crippen molar-refractivity contribution in [3.63, 3.8) is 0 Å². The van der Waals surface area contributed by atoms with Gasteiger partial charge in [0.15, 0.2) is 0 Å². The van der Waals surface area contributed by atoms with Gasteiger partial charge in [0.05, 0.1) is 0 Å². The molecule has 0 radical (unpaired) electrons. The molecule has 0 bridgehead atoms. The first-order chi connectivity index (χ1) is 7.27. The van der Waals surface area contributed by atoms with Gasteiger partial charge >= 0.3 is 0 Å². The fraction of sp³-hybridized carbons (Fsp3) is 0.500. The van der Waals surface area contributed by atoms with Crippen LogP contribution < -0.4 is 10.1 Å². The van der Waals surface area contributed by atoms with Crippen LogP contribution in [0.3, 0.4) is 0 Å². The molecule has 1 spiro atoms. The third kappa shape index (κ3) is 2.02. The molecule has 1 atom stereocenters. The molecule has 0 aliphatic carbocycles. The second-order valence-electron chi connectivity index (χ2n) is 4.49. The lowest BCUT2D eigenvalue weighted by molar-refractivity contribution is 0.0660. The van der Waals surface area contributed by atoms with E-state index in [0.717, 1.165) is 36.7 Å². The molecule has 2 aliphatic heterocycles. The van der Waals surface area contributed by atoms with Gasteiger partial charge in [0.25, 0.3) is 0 Å². The van der Waals surface area contributed by atoms with Crippen LogP contribution in [0.4, 0.5) is 0 Å². The first-order valence-electron chi connectivity index (χ1n) is 5.46. The van der Waals surface area contributed by atoms with Crippen molar-refractivity contribution in [1.82, 2.24) is 5.32 Å². The number of piperidine rings is 1. The molecular weight excluding hydrogens is 245 g/mol. The maximum absolute atomic E-state index is 6.07.